The van der Waals surface area contributed by atoms with Crippen LogP contribution in [0.25, 0.3) is 0 Å². The molecule has 2 aromatic carbocycles. The van der Waals surface area contributed by atoms with E-state index in [1.807, 2.05) is 36.4 Å². The van der Waals surface area contributed by atoms with Gasteiger partial charge >= 0.3 is 0 Å². The maximum absolute atomic E-state index is 11.0. The Balaban J connectivity index is 1.45. The van der Waals surface area contributed by atoms with Crippen LogP contribution < -0.4 is 0 Å². The van der Waals surface area contributed by atoms with Gasteiger partial charge in [-0.25, -0.2) is 0 Å². The van der Waals surface area contributed by atoms with Crippen molar-refractivity contribution in [2.45, 2.75) is 56.9 Å². The Kier molecular flexibility index (Phi) is 6.23. The summed E-state index contributed by atoms with van der Waals surface area (Å²) in [6.07, 6.45) is 4.47. The van der Waals surface area contributed by atoms with E-state index < -0.39 is 6.10 Å². The first-order chi connectivity index (χ1) is 13.7. The zero-order chi connectivity index (χ0) is 19.3. The van der Waals surface area contributed by atoms with E-state index in [4.69, 9.17) is 9.47 Å². The van der Waals surface area contributed by atoms with E-state index in [0.29, 0.717) is 25.9 Å². The second kappa shape index (κ2) is 9.01. The van der Waals surface area contributed by atoms with Crippen LogP contribution in [0.1, 0.15) is 24.5 Å². The molecular formula is C24H29NO3. The predicted octanol–water partition coefficient (Wildman–Crippen LogP) is 3.55. The zero-order valence-corrected chi connectivity index (χ0v) is 16.4. The molecule has 148 valence electrons. The standard InChI is InChI=1S/C24H29NO3/c1-18-9-8-14-21-23(26)24(28-16-20-12-6-3-7-13-20)22(25(18)21)17-27-15-19-10-4-2-5-11-19/h2-8,10-14,18,21-24,26H,9,15-17H2,1H3/t18-,21+,22+,23+,24-/m1/s1. The van der Waals surface area contributed by atoms with Crippen molar-refractivity contribution < 1.29 is 14.6 Å². The Morgan fingerprint density at radius 1 is 0.964 bits per heavy atom. The van der Waals surface area contributed by atoms with E-state index >= 15 is 0 Å². The van der Waals surface area contributed by atoms with Crippen LogP contribution >= 0.6 is 0 Å². The number of hydrogen-bond donors (Lipinski definition) is 1. The highest BCUT2D eigenvalue weighted by molar-refractivity contribution is 5.17. The van der Waals surface area contributed by atoms with Crippen molar-refractivity contribution in [2.24, 2.45) is 0 Å². The molecule has 0 aliphatic carbocycles. The van der Waals surface area contributed by atoms with Gasteiger partial charge in [-0.05, 0) is 24.5 Å². The van der Waals surface area contributed by atoms with Crippen molar-refractivity contribution in [1.29, 1.82) is 0 Å². The number of hydrogen-bond acceptors (Lipinski definition) is 4. The van der Waals surface area contributed by atoms with Gasteiger partial charge in [0.2, 0.25) is 0 Å². The van der Waals surface area contributed by atoms with Gasteiger partial charge in [0, 0.05) is 6.04 Å². The van der Waals surface area contributed by atoms with Crippen molar-refractivity contribution in [3.05, 3.63) is 83.9 Å². The Morgan fingerprint density at radius 3 is 2.29 bits per heavy atom. The van der Waals surface area contributed by atoms with Gasteiger partial charge in [-0.1, -0.05) is 72.8 Å². The third kappa shape index (κ3) is 4.20. The molecule has 4 rings (SSSR count). The van der Waals surface area contributed by atoms with Crippen molar-refractivity contribution in [2.75, 3.05) is 6.61 Å². The number of rotatable bonds is 7. The highest BCUT2D eigenvalue weighted by atomic mass is 16.5. The molecule has 0 saturated carbocycles. The lowest BCUT2D eigenvalue weighted by molar-refractivity contribution is -0.0583. The average Bonchev–Trinajstić information content (AvgIpc) is 3.01. The minimum absolute atomic E-state index is 0.00477. The normalized spacial score (nSPS) is 29.7. The summed E-state index contributed by atoms with van der Waals surface area (Å²) in [5.74, 6) is 0. The van der Waals surface area contributed by atoms with Gasteiger partial charge in [-0.3, -0.25) is 4.90 Å². The van der Waals surface area contributed by atoms with Crippen LogP contribution in [0.15, 0.2) is 72.8 Å². The summed E-state index contributed by atoms with van der Waals surface area (Å²) < 4.78 is 12.3. The molecule has 0 aromatic heterocycles. The molecule has 0 amide bonds. The number of aliphatic hydroxyl groups excluding tert-OH is 1. The monoisotopic (exact) mass is 379 g/mol. The summed E-state index contributed by atoms with van der Waals surface area (Å²) in [6.45, 7) is 3.82. The van der Waals surface area contributed by atoms with Gasteiger partial charge in [0.05, 0.1) is 31.9 Å². The zero-order valence-electron chi connectivity index (χ0n) is 16.4. The summed E-state index contributed by atoms with van der Waals surface area (Å²) in [6, 6.07) is 20.7. The van der Waals surface area contributed by atoms with E-state index in [2.05, 4.69) is 48.2 Å². The van der Waals surface area contributed by atoms with E-state index in [0.717, 1.165) is 17.5 Å². The van der Waals surface area contributed by atoms with Gasteiger partial charge in [0.1, 0.15) is 12.2 Å². The highest BCUT2D eigenvalue weighted by Crippen LogP contribution is 2.34. The maximum atomic E-state index is 11.0. The van der Waals surface area contributed by atoms with Crippen LogP contribution in [0.2, 0.25) is 0 Å². The fraction of sp³-hybridized carbons (Fsp3) is 0.417. The smallest absolute Gasteiger partial charge is 0.103 e. The number of aliphatic hydroxyl groups is 1. The fourth-order valence-electron chi connectivity index (χ4n) is 4.39. The topological polar surface area (TPSA) is 41.9 Å². The molecule has 5 atom stereocenters. The molecule has 4 nitrogen and oxygen atoms in total. The van der Waals surface area contributed by atoms with Gasteiger partial charge < -0.3 is 14.6 Å². The molecule has 1 fully saturated rings. The number of nitrogens with zero attached hydrogens (tertiary/aromatic N) is 1. The van der Waals surface area contributed by atoms with Crippen LogP contribution in [0.3, 0.4) is 0 Å². The molecule has 2 heterocycles. The van der Waals surface area contributed by atoms with Crippen molar-refractivity contribution in [3.63, 3.8) is 0 Å². The Hall–Kier alpha value is -1.98. The van der Waals surface area contributed by atoms with E-state index in [1.165, 1.54) is 0 Å². The molecule has 1 N–H and O–H groups in total. The third-order valence-electron chi connectivity index (χ3n) is 5.80. The van der Waals surface area contributed by atoms with Crippen LogP contribution in [0.5, 0.6) is 0 Å². The van der Waals surface area contributed by atoms with Gasteiger partial charge in [-0.2, -0.15) is 0 Å². The molecule has 0 unspecified atom stereocenters. The van der Waals surface area contributed by atoms with Crippen molar-refractivity contribution in [1.82, 2.24) is 4.90 Å². The lowest BCUT2D eigenvalue weighted by Gasteiger charge is -2.37. The molecule has 0 radical (unpaired) electrons. The maximum Gasteiger partial charge on any atom is 0.103 e. The second-order valence-corrected chi connectivity index (χ2v) is 7.77. The van der Waals surface area contributed by atoms with Gasteiger partial charge in [0.25, 0.3) is 0 Å². The lowest BCUT2D eigenvalue weighted by atomic mass is 10.0. The van der Waals surface area contributed by atoms with E-state index in [9.17, 15) is 5.11 Å². The minimum atomic E-state index is -0.548. The summed E-state index contributed by atoms with van der Waals surface area (Å²) in [7, 11) is 0. The van der Waals surface area contributed by atoms with Gasteiger partial charge in [0.15, 0.2) is 0 Å². The number of benzene rings is 2. The molecule has 28 heavy (non-hydrogen) atoms. The van der Waals surface area contributed by atoms with E-state index in [-0.39, 0.29) is 18.2 Å². The average molecular weight is 380 g/mol. The van der Waals surface area contributed by atoms with E-state index in [1.54, 1.807) is 0 Å². The van der Waals surface area contributed by atoms with Crippen molar-refractivity contribution in [3.8, 4) is 0 Å². The van der Waals surface area contributed by atoms with Crippen LogP contribution in [0, 0.1) is 0 Å². The quantitative estimate of drug-likeness (QED) is 0.747. The molecule has 1 saturated heterocycles. The summed E-state index contributed by atoms with van der Waals surface area (Å²) in [4.78, 5) is 2.38. The molecule has 2 aromatic rings. The molecule has 4 heteroatoms. The lowest BCUT2D eigenvalue weighted by Crippen LogP contribution is -2.48. The predicted molar refractivity (Wildman–Crippen MR) is 110 cm³/mol. The van der Waals surface area contributed by atoms with Crippen LogP contribution in [-0.4, -0.2) is 46.9 Å². The summed E-state index contributed by atoms with van der Waals surface area (Å²) in [5, 5.41) is 11.0. The van der Waals surface area contributed by atoms with Crippen LogP contribution in [-0.2, 0) is 22.7 Å². The summed E-state index contributed by atoms with van der Waals surface area (Å²) in [5.41, 5.74) is 2.28. The van der Waals surface area contributed by atoms with Gasteiger partial charge in [-0.15, -0.1) is 0 Å². The largest absolute Gasteiger partial charge is 0.388 e. The minimum Gasteiger partial charge on any atom is -0.388 e. The Morgan fingerprint density at radius 2 is 1.61 bits per heavy atom. The molecule has 0 spiro atoms. The molecular weight excluding hydrogens is 350 g/mol. The summed E-state index contributed by atoms with van der Waals surface area (Å²) >= 11 is 0. The highest BCUT2D eigenvalue weighted by Gasteiger charge is 2.50. The second-order valence-electron chi connectivity index (χ2n) is 7.77. The third-order valence-corrected chi connectivity index (χ3v) is 5.80. The molecule has 2 aliphatic rings. The Bertz CT molecular complexity index is 764. The first-order valence-electron chi connectivity index (χ1n) is 10.1. The first-order valence-corrected chi connectivity index (χ1v) is 10.1. The molecule has 2 aliphatic heterocycles. The van der Waals surface area contributed by atoms with Crippen molar-refractivity contribution >= 4 is 0 Å². The van der Waals surface area contributed by atoms with Crippen LogP contribution in [0.4, 0.5) is 0 Å². The fourth-order valence-corrected chi connectivity index (χ4v) is 4.39. The number of ether oxygens (including phenoxy) is 2. The molecule has 0 bridgehead atoms. The number of fused-ring (bicyclic) bond motifs is 1. The first kappa shape index (κ1) is 19.3. The Labute approximate surface area is 167 Å². The SMILES string of the molecule is C[C@@H]1CC=C[C@H]2[C@H](O)[C@H](OCc3ccccc3)[C@H](COCc3ccccc3)N12.